The number of fused-ring (bicyclic) bond motifs is 6. The zero-order valence-corrected chi connectivity index (χ0v) is 34.3. The van der Waals surface area contributed by atoms with Crippen LogP contribution >= 0.6 is 0 Å². The summed E-state index contributed by atoms with van der Waals surface area (Å²) in [5.41, 5.74) is 13.0. The molecule has 1 N–H and O–H groups in total. The number of phenols is 1. The predicted molar refractivity (Wildman–Crippen MR) is 258 cm³/mol. The highest BCUT2D eigenvalue weighted by Crippen LogP contribution is 2.52. The first-order chi connectivity index (χ1) is 29.8. The lowest BCUT2D eigenvalue weighted by Gasteiger charge is -2.30. The molecule has 0 fully saturated rings. The number of aryl methyl sites for hydroxylation is 1. The molecule has 1 aliphatic rings. The number of benzene rings is 11. The minimum atomic E-state index is -0.118. The Morgan fingerprint density at radius 3 is 1.59 bits per heavy atom. The van der Waals surface area contributed by atoms with Crippen molar-refractivity contribution in [2.24, 2.45) is 0 Å². The number of phenolic OH excluding ortho intramolecular Hbond substituents is 1. The summed E-state index contributed by atoms with van der Waals surface area (Å²) in [6.45, 7) is 6.87. The summed E-state index contributed by atoms with van der Waals surface area (Å²) in [5, 5.41) is 22.5. The van der Waals surface area contributed by atoms with E-state index in [1.807, 2.05) is 6.07 Å². The van der Waals surface area contributed by atoms with Crippen LogP contribution in [0.15, 0.2) is 194 Å². The molecule has 0 atom stereocenters. The van der Waals surface area contributed by atoms with Crippen molar-refractivity contribution in [1.29, 1.82) is 0 Å². The normalized spacial score (nSPS) is 13.0. The first kappa shape index (κ1) is 35.3. The van der Waals surface area contributed by atoms with Crippen molar-refractivity contribution in [3.05, 3.63) is 211 Å². The highest BCUT2D eigenvalue weighted by atomic mass is 16.3. The third kappa shape index (κ3) is 5.23. The molecule has 11 aromatic rings. The summed E-state index contributed by atoms with van der Waals surface area (Å²) in [7, 11) is 0. The van der Waals surface area contributed by atoms with E-state index >= 15 is 0 Å². The molecule has 3 nitrogen and oxygen atoms in total. The number of aromatic hydroxyl groups is 1. The van der Waals surface area contributed by atoms with Crippen molar-refractivity contribution < 1.29 is 5.11 Å². The second-order valence-electron chi connectivity index (χ2n) is 17.1. The quantitative estimate of drug-likeness (QED) is 0.170. The first-order valence-electron chi connectivity index (χ1n) is 21.2. The second kappa shape index (κ2) is 13.2. The molecule has 0 bridgehead atoms. The van der Waals surface area contributed by atoms with Crippen molar-refractivity contribution in [2.45, 2.75) is 26.2 Å². The Morgan fingerprint density at radius 2 is 0.918 bits per heavy atom. The van der Waals surface area contributed by atoms with E-state index in [2.05, 4.69) is 213 Å². The number of para-hydroxylation sites is 2. The summed E-state index contributed by atoms with van der Waals surface area (Å²) in [6, 6.07) is 70.4. The second-order valence-corrected chi connectivity index (χ2v) is 17.1. The summed E-state index contributed by atoms with van der Waals surface area (Å²) in [4.78, 5) is 4.84. The number of rotatable bonds is 6. The van der Waals surface area contributed by atoms with E-state index in [0.29, 0.717) is 5.75 Å². The Kier molecular flexibility index (Phi) is 7.64. The molecular weight excluding hydrogens is 741 g/mol. The van der Waals surface area contributed by atoms with E-state index in [4.69, 9.17) is 0 Å². The summed E-state index contributed by atoms with van der Waals surface area (Å²) in [6.07, 6.45) is 0. The first-order valence-corrected chi connectivity index (χ1v) is 21.2. The van der Waals surface area contributed by atoms with E-state index in [-0.39, 0.29) is 5.41 Å². The van der Waals surface area contributed by atoms with Crippen molar-refractivity contribution in [3.63, 3.8) is 0 Å². The van der Waals surface area contributed by atoms with E-state index < -0.39 is 0 Å². The van der Waals surface area contributed by atoms with Gasteiger partial charge in [0, 0.05) is 44.3 Å². The minimum absolute atomic E-state index is 0.118. The standard InChI is InChI=1S/C58H42N2O/c1-36-33-44(34-40-22-21-37-13-12-20-53(61)57(37)54(36)40)60(42-16-8-5-9-17-42)52-32-26-39-23-28-47-51(31-25-38-24-29-48(52)56(39)55(38)47)59(41-14-6-4-7-15-41)43-27-30-46-45-18-10-11-19-49(45)58(2,3)50(46)35-43/h4-35,61H,1-3H3. The maximum absolute atomic E-state index is 11.0. The van der Waals surface area contributed by atoms with E-state index in [0.717, 1.165) is 61.2 Å². The molecular formula is C58H42N2O. The van der Waals surface area contributed by atoms with Gasteiger partial charge in [-0.2, -0.15) is 0 Å². The predicted octanol–water partition coefficient (Wildman–Crippen LogP) is 16.2. The van der Waals surface area contributed by atoms with Crippen LogP contribution in [0, 0.1) is 6.92 Å². The monoisotopic (exact) mass is 782 g/mol. The minimum Gasteiger partial charge on any atom is -0.507 e. The molecule has 1 aliphatic carbocycles. The van der Waals surface area contributed by atoms with Crippen molar-refractivity contribution in [1.82, 2.24) is 0 Å². The van der Waals surface area contributed by atoms with Crippen molar-refractivity contribution in [3.8, 4) is 16.9 Å². The summed E-state index contributed by atoms with van der Waals surface area (Å²) in [5.74, 6) is 0.307. The fourth-order valence-electron chi connectivity index (χ4n) is 10.5. The maximum Gasteiger partial charge on any atom is 0.124 e. The molecule has 0 saturated carbocycles. The van der Waals surface area contributed by atoms with Gasteiger partial charge >= 0.3 is 0 Å². The fourth-order valence-corrected chi connectivity index (χ4v) is 10.5. The lowest BCUT2D eigenvalue weighted by Crippen LogP contribution is -2.16. The molecule has 12 rings (SSSR count). The summed E-state index contributed by atoms with van der Waals surface area (Å²) >= 11 is 0. The molecule has 61 heavy (non-hydrogen) atoms. The number of nitrogens with zero attached hydrogens (tertiary/aromatic N) is 2. The Labute approximate surface area is 355 Å². The average Bonchev–Trinajstić information content (AvgIpc) is 3.52. The lowest BCUT2D eigenvalue weighted by atomic mass is 9.82. The molecule has 0 heterocycles. The van der Waals surface area contributed by atoms with Crippen molar-refractivity contribution in [2.75, 3.05) is 9.80 Å². The van der Waals surface area contributed by atoms with Gasteiger partial charge in [0.15, 0.2) is 0 Å². The van der Waals surface area contributed by atoms with E-state index in [1.165, 1.54) is 54.6 Å². The van der Waals surface area contributed by atoms with Gasteiger partial charge in [0.2, 0.25) is 0 Å². The van der Waals surface area contributed by atoms with Crippen LogP contribution in [0.4, 0.5) is 34.1 Å². The molecule has 0 saturated heterocycles. The van der Waals surface area contributed by atoms with Gasteiger partial charge in [0.05, 0.1) is 11.4 Å². The Hall–Kier alpha value is -7.62. The zero-order chi connectivity index (χ0) is 41.0. The molecule has 3 heteroatoms. The van der Waals surface area contributed by atoms with Crippen LogP contribution in [-0.4, -0.2) is 5.11 Å². The third-order valence-electron chi connectivity index (χ3n) is 13.3. The fraction of sp³-hybridized carbons (Fsp3) is 0.0690. The maximum atomic E-state index is 11.0. The molecule has 0 unspecified atom stereocenters. The Bertz CT molecular complexity index is 3540. The van der Waals surface area contributed by atoms with Gasteiger partial charge < -0.3 is 14.9 Å². The number of hydrogen-bond donors (Lipinski definition) is 1. The van der Waals surface area contributed by atoms with Crippen LogP contribution in [0.5, 0.6) is 5.75 Å². The molecule has 0 radical (unpaired) electrons. The zero-order valence-electron chi connectivity index (χ0n) is 34.3. The third-order valence-corrected chi connectivity index (χ3v) is 13.3. The molecule has 0 aromatic heterocycles. The Balaban J connectivity index is 1.08. The van der Waals surface area contributed by atoms with Crippen LogP contribution in [-0.2, 0) is 5.41 Å². The van der Waals surface area contributed by atoms with Crippen LogP contribution in [0.1, 0.15) is 30.5 Å². The van der Waals surface area contributed by atoms with Gasteiger partial charge in [-0.05, 0) is 139 Å². The molecule has 0 aliphatic heterocycles. The lowest BCUT2D eigenvalue weighted by molar-refractivity contribution is 0.482. The van der Waals surface area contributed by atoms with Gasteiger partial charge in [-0.15, -0.1) is 0 Å². The Morgan fingerprint density at radius 1 is 0.377 bits per heavy atom. The van der Waals surface area contributed by atoms with Gasteiger partial charge in [-0.1, -0.05) is 141 Å². The van der Waals surface area contributed by atoms with Crippen LogP contribution in [0.3, 0.4) is 0 Å². The smallest absolute Gasteiger partial charge is 0.124 e. The van der Waals surface area contributed by atoms with Gasteiger partial charge in [0.25, 0.3) is 0 Å². The van der Waals surface area contributed by atoms with Crippen molar-refractivity contribution >= 4 is 88.0 Å². The SMILES string of the molecule is Cc1cc(N(c2ccccc2)c2ccc3ccc4c(N(c5ccccc5)c5ccc6c(c5)C(C)(C)c5ccccc5-6)ccc5ccc2c3c54)cc2ccc3cccc(O)c3c12. The van der Waals surface area contributed by atoms with Crippen LogP contribution in [0.2, 0.25) is 0 Å². The average molecular weight is 783 g/mol. The molecule has 11 aromatic carbocycles. The molecule has 0 amide bonds. The number of hydrogen-bond acceptors (Lipinski definition) is 3. The van der Waals surface area contributed by atoms with Gasteiger partial charge in [-0.25, -0.2) is 0 Å². The van der Waals surface area contributed by atoms with Crippen LogP contribution in [0.25, 0.3) is 65.0 Å². The van der Waals surface area contributed by atoms with E-state index in [1.54, 1.807) is 6.07 Å². The highest BCUT2D eigenvalue weighted by molar-refractivity contribution is 6.28. The molecule has 290 valence electrons. The largest absolute Gasteiger partial charge is 0.507 e. The van der Waals surface area contributed by atoms with Crippen LogP contribution < -0.4 is 9.80 Å². The van der Waals surface area contributed by atoms with Gasteiger partial charge in [-0.3, -0.25) is 0 Å². The van der Waals surface area contributed by atoms with E-state index in [9.17, 15) is 5.11 Å². The number of anilines is 6. The molecule has 0 spiro atoms. The highest BCUT2D eigenvalue weighted by Gasteiger charge is 2.36. The van der Waals surface area contributed by atoms with Gasteiger partial charge in [0.1, 0.15) is 5.75 Å². The summed E-state index contributed by atoms with van der Waals surface area (Å²) < 4.78 is 0. The topological polar surface area (TPSA) is 26.7 Å².